The van der Waals surface area contributed by atoms with Gasteiger partial charge in [0.2, 0.25) is 0 Å². The molecule has 1 atom stereocenters. The summed E-state index contributed by atoms with van der Waals surface area (Å²) >= 11 is 1.47. The Morgan fingerprint density at radius 3 is 2.48 bits per heavy atom. The predicted octanol–water partition coefficient (Wildman–Crippen LogP) is 4.07. The number of aromatic nitrogens is 1. The highest BCUT2D eigenvalue weighted by molar-refractivity contribution is 7.13. The van der Waals surface area contributed by atoms with Gasteiger partial charge in [0.1, 0.15) is 16.5 Å². The number of benzene rings is 1. The number of nitrogens with zero attached hydrogens (tertiary/aromatic N) is 1. The fourth-order valence-electron chi connectivity index (χ4n) is 2.51. The van der Waals surface area contributed by atoms with E-state index in [4.69, 9.17) is 4.74 Å². The van der Waals surface area contributed by atoms with Gasteiger partial charge in [0.05, 0.1) is 18.2 Å². The van der Waals surface area contributed by atoms with Crippen LogP contribution in [0.15, 0.2) is 29.6 Å². The Morgan fingerprint density at radius 1 is 1.24 bits per heavy atom. The SMILES string of the molecule is CCOc1ccc(-c2nc(CC(=O)C[C@H](C(=O)O)C(C)C)cs2)cc1. The lowest BCUT2D eigenvalue weighted by molar-refractivity contribution is -0.145. The number of hydrogen-bond acceptors (Lipinski definition) is 5. The summed E-state index contributed by atoms with van der Waals surface area (Å²) in [4.78, 5) is 27.9. The first-order valence-electron chi connectivity index (χ1n) is 8.32. The van der Waals surface area contributed by atoms with Gasteiger partial charge < -0.3 is 9.84 Å². The van der Waals surface area contributed by atoms with Crippen molar-refractivity contribution in [2.45, 2.75) is 33.6 Å². The van der Waals surface area contributed by atoms with E-state index in [1.165, 1.54) is 11.3 Å². The van der Waals surface area contributed by atoms with Gasteiger partial charge in [0, 0.05) is 23.8 Å². The quantitative estimate of drug-likeness (QED) is 0.728. The van der Waals surface area contributed by atoms with E-state index in [9.17, 15) is 14.7 Å². The highest BCUT2D eigenvalue weighted by Gasteiger charge is 2.24. The average Bonchev–Trinajstić information content (AvgIpc) is 3.01. The molecule has 25 heavy (non-hydrogen) atoms. The van der Waals surface area contributed by atoms with Gasteiger partial charge in [-0.1, -0.05) is 13.8 Å². The van der Waals surface area contributed by atoms with Crippen LogP contribution in [0.4, 0.5) is 0 Å². The molecular weight excluding hydrogens is 338 g/mol. The molecule has 0 saturated heterocycles. The Morgan fingerprint density at radius 2 is 1.92 bits per heavy atom. The van der Waals surface area contributed by atoms with E-state index in [1.807, 2.05) is 50.4 Å². The number of carboxylic acids is 1. The molecule has 0 spiro atoms. The topological polar surface area (TPSA) is 76.5 Å². The summed E-state index contributed by atoms with van der Waals surface area (Å²) in [6, 6.07) is 7.67. The zero-order valence-electron chi connectivity index (χ0n) is 14.7. The first-order chi connectivity index (χ1) is 11.9. The lowest BCUT2D eigenvalue weighted by atomic mass is 9.90. The third-order valence-corrected chi connectivity index (χ3v) is 4.85. The number of rotatable bonds is 9. The van der Waals surface area contributed by atoms with Gasteiger partial charge in [0.15, 0.2) is 0 Å². The van der Waals surface area contributed by atoms with Crippen molar-refractivity contribution in [3.8, 4) is 16.3 Å². The Kier molecular flexibility index (Phi) is 6.70. The highest BCUT2D eigenvalue weighted by atomic mass is 32.1. The molecule has 0 aliphatic rings. The van der Waals surface area contributed by atoms with Crippen LogP contribution in [0.1, 0.15) is 32.9 Å². The molecule has 0 unspecified atom stereocenters. The second-order valence-corrected chi connectivity index (χ2v) is 7.07. The van der Waals surface area contributed by atoms with Crippen LogP contribution in [0.5, 0.6) is 5.75 Å². The van der Waals surface area contributed by atoms with Gasteiger partial charge in [0.25, 0.3) is 0 Å². The van der Waals surface area contributed by atoms with E-state index in [-0.39, 0.29) is 24.5 Å². The van der Waals surface area contributed by atoms with Crippen molar-refractivity contribution in [1.29, 1.82) is 0 Å². The van der Waals surface area contributed by atoms with E-state index in [2.05, 4.69) is 4.98 Å². The number of thiazole rings is 1. The molecule has 1 heterocycles. The molecule has 0 fully saturated rings. The molecule has 0 aliphatic heterocycles. The Labute approximate surface area is 151 Å². The molecule has 0 aliphatic carbocycles. The number of Topliss-reactive ketones (excluding diaryl/α,β-unsaturated/α-hetero) is 1. The lowest BCUT2D eigenvalue weighted by Gasteiger charge is -2.14. The van der Waals surface area contributed by atoms with E-state index >= 15 is 0 Å². The zero-order valence-corrected chi connectivity index (χ0v) is 15.5. The van der Waals surface area contributed by atoms with Crippen LogP contribution in [0.25, 0.3) is 10.6 Å². The van der Waals surface area contributed by atoms with Crippen molar-refractivity contribution in [2.75, 3.05) is 6.61 Å². The second-order valence-electron chi connectivity index (χ2n) is 6.21. The van der Waals surface area contributed by atoms with Crippen LogP contribution in [-0.2, 0) is 16.0 Å². The molecule has 1 aromatic heterocycles. The van der Waals surface area contributed by atoms with Gasteiger partial charge >= 0.3 is 5.97 Å². The summed E-state index contributed by atoms with van der Waals surface area (Å²) in [5.41, 5.74) is 1.66. The molecule has 1 aromatic carbocycles. The summed E-state index contributed by atoms with van der Waals surface area (Å²) in [5.74, 6) is -0.916. The van der Waals surface area contributed by atoms with Crippen LogP contribution in [0.3, 0.4) is 0 Å². The first-order valence-corrected chi connectivity index (χ1v) is 9.20. The van der Waals surface area contributed by atoms with E-state index in [0.29, 0.717) is 12.3 Å². The van der Waals surface area contributed by atoms with Crippen molar-refractivity contribution in [3.63, 3.8) is 0 Å². The Balaban J connectivity index is 2.01. The number of aliphatic carboxylic acids is 1. The van der Waals surface area contributed by atoms with Crippen LogP contribution in [-0.4, -0.2) is 28.4 Å². The van der Waals surface area contributed by atoms with Gasteiger partial charge in [-0.25, -0.2) is 4.98 Å². The van der Waals surface area contributed by atoms with E-state index in [0.717, 1.165) is 16.3 Å². The third-order valence-electron chi connectivity index (χ3n) is 3.91. The van der Waals surface area contributed by atoms with Gasteiger partial charge in [-0.2, -0.15) is 0 Å². The third kappa shape index (κ3) is 5.39. The van der Waals surface area contributed by atoms with Gasteiger partial charge in [-0.15, -0.1) is 11.3 Å². The monoisotopic (exact) mass is 361 g/mol. The van der Waals surface area contributed by atoms with Crippen LogP contribution in [0, 0.1) is 11.8 Å². The molecule has 1 N–H and O–H groups in total. The van der Waals surface area contributed by atoms with Crippen LogP contribution < -0.4 is 4.74 Å². The standard InChI is InChI=1S/C19H23NO4S/c1-4-24-16-7-5-13(6-8-16)18-20-14(11-25-18)9-15(21)10-17(12(2)3)19(22)23/h5-8,11-12,17H,4,9-10H2,1-3H3,(H,22,23)/t17-/m0/s1. The first kappa shape index (κ1) is 19.1. The summed E-state index contributed by atoms with van der Waals surface area (Å²) in [6.45, 7) is 6.20. The predicted molar refractivity (Wildman–Crippen MR) is 98.0 cm³/mol. The van der Waals surface area contributed by atoms with Crippen molar-refractivity contribution in [2.24, 2.45) is 11.8 Å². The molecule has 0 radical (unpaired) electrons. The fourth-order valence-corrected chi connectivity index (χ4v) is 3.33. The molecule has 0 saturated carbocycles. The van der Waals surface area contributed by atoms with Gasteiger partial charge in [-0.05, 0) is 37.1 Å². The largest absolute Gasteiger partial charge is 0.494 e. The maximum atomic E-state index is 12.2. The summed E-state index contributed by atoms with van der Waals surface area (Å²) in [6.07, 6.45) is 0.215. The minimum Gasteiger partial charge on any atom is -0.494 e. The second kappa shape index (κ2) is 8.76. The Hall–Kier alpha value is -2.21. The van der Waals surface area contributed by atoms with E-state index < -0.39 is 11.9 Å². The maximum Gasteiger partial charge on any atom is 0.307 e. The van der Waals surface area contributed by atoms with Crippen LogP contribution >= 0.6 is 11.3 Å². The molecule has 2 rings (SSSR count). The number of carbonyl (C=O) groups is 2. The molecule has 0 bridgehead atoms. The zero-order chi connectivity index (χ0) is 18.4. The van der Waals surface area contributed by atoms with Crippen molar-refractivity contribution in [3.05, 3.63) is 35.3 Å². The number of hydrogen-bond donors (Lipinski definition) is 1. The lowest BCUT2D eigenvalue weighted by Crippen LogP contribution is -2.23. The van der Waals surface area contributed by atoms with E-state index in [1.54, 1.807) is 0 Å². The normalized spacial score (nSPS) is 12.2. The number of carboxylic acid groups (broad SMARTS) is 1. The minimum atomic E-state index is -0.920. The summed E-state index contributed by atoms with van der Waals surface area (Å²) in [7, 11) is 0. The molecule has 5 nitrogen and oxygen atoms in total. The van der Waals surface area contributed by atoms with Crippen molar-refractivity contribution >= 4 is 23.1 Å². The molecule has 134 valence electrons. The Bertz CT molecular complexity index is 721. The van der Waals surface area contributed by atoms with Crippen molar-refractivity contribution in [1.82, 2.24) is 4.98 Å². The van der Waals surface area contributed by atoms with Crippen LogP contribution in [0.2, 0.25) is 0 Å². The molecule has 2 aromatic rings. The number of ether oxygens (including phenoxy) is 1. The van der Waals surface area contributed by atoms with Gasteiger partial charge in [-0.3, -0.25) is 9.59 Å². The average molecular weight is 361 g/mol. The number of ketones is 1. The smallest absolute Gasteiger partial charge is 0.307 e. The maximum absolute atomic E-state index is 12.2. The molecule has 6 heteroatoms. The fraction of sp³-hybridized carbons (Fsp3) is 0.421. The minimum absolute atomic E-state index is 0.0446. The molecule has 0 amide bonds. The summed E-state index contributed by atoms with van der Waals surface area (Å²) in [5, 5.41) is 11.9. The molecular formula is C19H23NO4S. The highest BCUT2D eigenvalue weighted by Crippen LogP contribution is 2.26. The number of carbonyl (C=O) groups excluding carboxylic acids is 1. The summed E-state index contributed by atoms with van der Waals surface area (Å²) < 4.78 is 5.42. The van der Waals surface area contributed by atoms with Crippen molar-refractivity contribution < 1.29 is 19.4 Å².